The summed E-state index contributed by atoms with van der Waals surface area (Å²) in [5.74, 6) is 1.27. The van der Waals surface area contributed by atoms with Crippen LogP contribution >= 0.6 is 11.3 Å². The fourth-order valence-corrected chi connectivity index (χ4v) is 3.94. The molecule has 6 heteroatoms. The fraction of sp³-hybridized carbons (Fsp3) is 0.200. The predicted molar refractivity (Wildman–Crippen MR) is 102 cm³/mol. The zero-order valence-electron chi connectivity index (χ0n) is 14.4. The van der Waals surface area contributed by atoms with Crippen molar-refractivity contribution in [3.05, 3.63) is 65.0 Å². The lowest BCUT2D eigenvalue weighted by atomic mass is 10.1. The minimum atomic E-state index is -0.168. The number of carbonyl (C=O) groups is 1. The molecule has 1 aliphatic rings. The third-order valence-electron chi connectivity index (χ3n) is 4.19. The first-order valence-electron chi connectivity index (χ1n) is 8.31. The maximum Gasteiger partial charge on any atom is 0.252 e. The second-order valence-corrected chi connectivity index (χ2v) is 7.13. The Morgan fingerprint density at radius 3 is 2.73 bits per heavy atom. The van der Waals surface area contributed by atoms with Crippen LogP contribution in [0.5, 0.6) is 11.5 Å². The summed E-state index contributed by atoms with van der Waals surface area (Å²) in [5, 5.41) is 0. The minimum absolute atomic E-state index is 0.168. The summed E-state index contributed by atoms with van der Waals surface area (Å²) in [6.07, 6.45) is 2.07. The summed E-state index contributed by atoms with van der Waals surface area (Å²) in [7, 11) is 0. The van der Waals surface area contributed by atoms with Gasteiger partial charge in [-0.1, -0.05) is 47.2 Å². The van der Waals surface area contributed by atoms with E-state index in [1.807, 2.05) is 47.9 Å². The van der Waals surface area contributed by atoms with Crippen LogP contribution in [0.4, 0.5) is 0 Å². The van der Waals surface area contributed by atoms with Crippen molar-refractivity contribution in [2.75, 3.05) is 6.79 Å². The Morgan fingerprint density at radius 2 is 2.00 bits per heavy atom. The molecule has 2 heterocycles. The number of nitrogens with zero attached hydrogens (tertiary/aromatic N) is 2. The van der Waals surface area contributed by atoms with Crippen LogP contribution in [0.2, 0.25) is 0 Å². The number of hydrogen-bond acceptors (Lipinski definition) is 4. The zero-order chi connectivity index (χ0) is 18.1. The standard InChI is InChI=1S/C20H18N2O3S/c1-3-8-22-15-10-16-17(25-12-24-16)11-18(15)26-20(22)21-19(23)9-14-6-4-13(2)5-7-14/h3-7,10-11H,1,8-9,12H2,2H3. The minimum Gasteiger partial charge on any atom is -0.454 e. The first kappa shape index (κ1) is 16.6. The van der Waals surface area contributed by atoms with Crippen molar-refractivity contribution in [1.82, 2.24) is 4.57 Å². The van der Waals surface area contributed by atoms with Crippen LogP contribution in [0.3, 0.4) is 0 Å². The Labute approximate surface area is 154 Å². The molecule has 0 radical (unpaired) electrons. The molecule has 132 valence electrons. The van der Waals surface area contributed by atoms with Crippen LogP contribution in [0.25, 0.3) is 10.2 Å². The van der Waals surface area contributed by atoms with Gasteiger partial charge in [0.2, 0.25) is 6.79 Å². The Balaban J connectivity index is 1.73. The second-order valence-electron chi connectivity index (χ2n) is 6.13. The van der Waals surface area contributed by atoms with E-state index in [1.54, 1.807) is 6.08 Å². The zero-order valence-corrected chi connectivity index (χ0v) is 15.2. The molecular weight excluding hydrogens is 348 g/mol. The SMILES string of the molecule is C=CCn1c(=NC(=O)Cc2ccc(C)cc2)sc2cc3c(cc21)OCO3. The van der Waals surface area contributed by atoms with Gasteiger partial charge in [-0.25, -0.2) is 0 Å². The normalized spacial score (nSPS) is 13.3. The number of hydrogen-bond donors (Lipinski definition) is 0. The van der Waals surface area contributed by atoms with E-state index in [0.29, 0.717) is 17.1 Å². The number of aromatic nitrogens is 1. The van der Waals surface area contributed by atoms with Crippen LogP contribution in [0.15, 0.2) is 54.0 Å². The molecule has 1 aromatic heterocycles. The van der Waals surface area contributed by atoms with E-state index >= 15 is 0 Å². The quantitative estimate of drug-likeness (QED) is 0.663. The molecule has 0 saturated carbocycles. The molecule has 0 atom stereocenters. The molecule has 5 nitrogen and oxygen atoms in total. The number of benzene rings is 2. The molecule has 2 aromatic carbocycles. The van der Waals surface area contributed by atoms with E-state index < -0.39 is 0 Å². The van der Waals surface area contributed by atoms with Gasteiger partial charge in [0.25, 0.3) is 5.91 Å². The average molecular weight is 366 g/mol. The van der Waals surface area contributed by atoms with Gasteiger partial charge in [0, 0.05) is 18.7 Å². The molecule has 1 amide bonds. The van der Waals surface area contributed by atoms with Gasteiger partial charge < -0.3 is 14.0 Å². The van der Waals surface area contributed by atoms with Crippen molar-refractivity contribution in [3.8, 4) is 11.5 Å². The van der Waals surface area contributed by atoms with Crippen LogP contribution in [0, 0.1) is 6.92 Å². The van der Waals surface area contributed by atoms with Gasteiger partial charge in [-0.15, -0.1) is 6.58 Å². The molecular formula is C20H18N2O3S. The first-order valence-corrected chi connectivity index (χ1v) is 9.12. The van der Waals surface area contributed by atoms with Crippen molar-refractivity contribution >= 4 is 27.5 Å². The van der Waals surface area contributed by atoms with Crippen molar-refractivity contribution in [2.45, 2.75) is 19.9 Å². The van der Waals surface area contributed by atoms with Gasteiger partial charge in [-0.3, -0.25) is 4.79 Å². The summed E-state index contributed by atoms with van der Waals surface area (Å²) in [6.45, 7) is 6.64. The largest absolute Gasteiger partial charge is 0.454 e. The van der Waals surface area contributed by atoms with Gasteiger partial charge in [-0.2, -0.15) is 4.99 Å². The van der Waals surface area contributed by atoms with Crippen molar-refractivity contribution in [2.24, 2.45) is 4.99 Å². The Hall–Kier alpha value is -2.86. The Morgan fingerprint density at radius 1 is 1.27 bits per heavy atom. The molecule has 0 spiro atoms. The maximum absolute atomic E-state index is 12.5. The highest BCUT2D eigenvalue weighted by molar-refractivity contribution is 7.16. The first-order chi connectivity index (χ1) is 12.6. The van der Waals surface area contributed by atoms with Gasteiger partial charge in [-0.05, 0) is 12.5 Å². The summed E-state index contributed by atoms with van der Waals surface area (Å²) in [4.78, 5) is 17.5. The fourth-order valence-electron chi connectivity index (χ4n) is 2.88. The van der Waals surface area contributed by atoms with Crippen LogP contribution in [0.1, 0.15) is 11.1 Å². The summed E-state index contributed by atoms with van der Waals surface area (Å²) >= 11 is 1.46. The number of aryl methyl sites for hydroxylation is 1. The number of amides is 1. The van der Waals surface area contributed by atoms with E-state index in [1.165, 1.54) is 16.9 Å². The van der Waals surface area contributed by atoms with Crippen LogP contribution in [-0.2, 0) is 17.8 Å². The highest BCUT2D eigenvalue weighted by Crippen LogP contribution is 2.36. The molecule has 3 aromatic rings. The van der Waals surface area contributed by atoms with E-state index in [0.717, 1.165) is 21.5 Å². The molecule has 1 aliphatic heterocycles. The molecule has 0 aliphatic carbocycles. The number of fused-ring (bicyclic) bond motifs is 2. The summed E-state index contributed by atoms with van der Waals surface area (Å²) in [6, 6.07) is 11.8. The third kappa shape index (κ3) is 3.15. The molecule has 26 heavy (non-hydrogen) atoms. The van der Waals surface area contributed by atoms with Crippen LogP contribution < -0.4 is 14.3 Å². The Bertz CT molecular complexity index is 1060. The topological polar surface area (TPSA) is 52.8 Å². The lowest BCUT2D eigenvalue weighted by molar-refractivity contribution is -0.117. The second kappa shape index (κ2) is 6.80. The molecule has 0 bridgehead atoms. The lowest BCUT2D eigenvalue weighted by Gasteiger charge is -2.02. The van der Waals surface area contributed by atoms with Gasteiger partial charge >= 0.3 is 0 Å². The van der Waals surface area contributed by atoms with Gasteiger partial charge in [0.05, 0.1) is 16.6 Å². The van der Waals surface area contributed by atoms with E-state index in [2.05, 4.69) is 11.6 Å². The number of allylic oxidation sites excluding steroid dienone is 1. The highest BCUT2D eigenvalue weighted by Gasteiger charge is 2.17. The molecule has 0 unspecified atom stereocenters. The Kier molecular flexibility index (Phi) is 4.34. The maximum atomic E-state index is 12.5. The summed E-state index contributed by atoms with van der Waals surface area (Å²) in [5.41, 5.74) is 3.09. The lowest BCUT2D eigenvalue weighted by Crippen LogP contribution is -2.16. The van der Waals surface area contributed by atoms with E-state index in [4.69, 9.17) is 9.47 Å². The van der Waals surface area contributed by atoms with Gasteiger partial charge in [0.15, 0.2) is 16.3 Å². The number of ether oxygens (including phenoxy) is 2. The number of thiazole rings is 1. The monoisotopic (exact) mass is 366 g/mol. The van der Waals surface area contributed by atoms with E-state index in [-0.39, 0.29) is 19.1 Å². The summed E-state index contributed by atoms with van der Waals surface area (Å²) < 4.78 is 13.9. The molecule has 4 rings (SSSR count). The predicted octanol–water partition coefficient (Wildman–Crippen LogP) is 3.60. The van der Waals surface area contributed by atoms with Crippen molar-refractivity contribution < 1.29 is 14.3 Å². The third-order valence-corrected chi connectivity index (χ3v) is 5.23. The molecule has 0 N–H and O–H groups in total. The number of carbonyl (C=O) groups excluding carboxylic acids is 1. The smallest absolute Gasteiger partial charge is 0.252 e. The van der Waals surface area contributed by atoms with E-state index in [9.17, 15) is 4.79 Å². The van der Waals surface area contributed by atoms with Crippen LogP contribution in [-0.4, -0.2) is 17.3 Å². The molecule has 0 fully saturated rings. The average Bonchev–Trinajstić information content (AvgIpc) is 3.20. The molecule has 0 saturated heterocycles. The van der Waals surface area contributed by atoms with Crippen molar-refractivity contribution in [3.63, 3.8) is 0 Å². The number of rotatable bonds is 4. The van der Waals surface area contributed by atoms with Crippen molar-refractivity contribution in [1.29, 1.82) is 0 Å². The highest BCUT2D eigenvalue weighted by atomic mass is 32.1. The van der Waals surface area contributed by atoms with Gasteiger partial charge in [0.1, 0.15) is 0 Å².